The number of aromatic amines is 2. The average molecular weight is 374 g/mol. The quantitative estimate of drug-likeness (QED) is 0.508. The number of hydrogen-bond acceptors (Lipinski definition) is 4. The first-order valence-corrected chi connectivity index (χ1v) is 9.14. The summed E-state index contributed by atoms with van der Waals surface area (Å²) in [5, 5.41) is 11.0. The molecule has 28 heavy (non-hydrogen) atoms. The average Bonchev–Trinajstić information content (AvgIpc) is 3.41. The topological polar surface area (TPSA) is 107 Å². The van der Waals surface area contributed by atoms with Crippen molar-refractivity contribution in [3.63, 3.8) is 0 Å². The molecular weight excluding hydrogens is 356 g/mol. The van der Waals surface area contributed by atoms with E-state index in [4.69, 9.17) is 0 Å². The van der Waals surface area contributed by atoms with Gasteiger partial charge in [0.05, 0.1) is 29.0 Å². The van der Waals surface area contributed by atoms with E-state index in [0.29, 0.717) is 24.7 Å². The predicted molar refractivity (Wildman–Crippen MR) is 104 cm³/mol. The number of H-pyrrole nitrogens is 2. The SMILES string of the molecule is O=C(NCc1nc2ccccc2[nH]1)[C@@H]1CC(=O)N(c2n[nH]c3ccccc23)C1. The number of anilines is 1. The fourth-order valence-electron chi connectivity index (χ4n) is 3.65. The van der Waals surface area contributed by atoms with Crippen LogP contribution in [0.3, 0.4) is 0 Å². The maximum atomic E-state index is 12.6. The molecule has 0 unspecified atom stereocenters. The van der Waals surface area contributed by atoms with Gasteiger partial charge in [-0.2, -0.15) is 5.10 Å². The number of nitrogens with one attached hydrogen (secondary N) is 3. The normalized spacial score (nSPS) is 16.9. The fourth-order valence-corrected chi connectivity index (χ4v) is 3.65. The summed E-state index contributed by atoms with van der Waals surface area (Å²) in [7, 11) is 0. The number of aromatic nitrogens is 4. The van der Waals surface area contributed by atoms with Gasteiger partial charge in [0, 0.05) is 18.4 Å². The van der Waals surface area contributed by atoms with Crippen molar-refractivity contribution in [2.24, 2.45) is 5.92 Å². The summed E-state index contributed by atoms with van der Waals surface area (Å²) in [4.78, 5) is 34.3. The lowest BCUT2D eigenvalue weighted by Gasteiger charge is -2.14. The third kappa shape index (κ3) is 2.79. The van der Waals surface area contributed by atoms with E-state index in [2.05, 4.69) is 25.5 Å². The number of carbonyl (C=O) groups excluding carboxylic acids is 2. The van der Waals surface area contributed by atoms with Gasteiger partial charge in [0.15, 0.2) is 5.82 Å². The molecule has 1 atom stereocenters. The summed E-state index contributed by atoms with van der Waals surface area (Å²) < 4.78 is 0. The summed E-state index contributed by atoms with van der Waals surface area (Å²) in [6.45, 7) is 0.614. The molecule has 5 rings (SSSR count). The number of fused-ring (bicyclic) bond motifs is 2. The van der Waals surface area contributed by atoms with E-state index >= 15 is 0 Å². The van der Waals surface area contributed by atoms with Crippen LogP contribution in [-0.2, 0) is 16.1 Å². The molecule has 0 spiro atoms. The molecule has 8 nitrogen and oxygen atoms in total. The highest BCUT2D eigenvalue weighted by atomic mass is 16.2. The lowest BCUT2D eigenvalue weighted by molar-refractivity contribution is -0.126. The van der Waals surface area contributed by atoms with Crippen LogP contribution in [0.2, 0.25) is 0 Å². The number of carbonyl (C=O) groups is 2. The summed E-state index contributed by atoms with van der Waals surface area (Å²) in [6.07, 6.45) is 0.174. The lowest BCUT2D eigenvalue weighted by atomic mass is 10.1. The summed E-state index contributed by atoms with van der Waals surface area (Å²) in [5.41, 5.74) is 2.65. The van der Waals surface area contributed by atoms with E-state index in [-0.39, 0.29) is 18.2 Å². The summed E-state index contributed by atoms with van der Waals surface area (Å²) in [5.74, 6) is 0.604. The fraction of sp³-hybridized carbons (Fsp3) is 0.200. The Labute approximate surface area is 159 Å². The highest BCUT2D eigenvalue weighted by Crippen LogP contribution is 2.29. The Morgan fingerprint density at radius 2 is 1.93 bits per heavy atom. The van der Waals surface area contributed by atoms with E-state index < -0.39 is 5.92 Å². The third-order valence-electron chi connectivity index (χ3n) is 5.07. The van der Waals surface area contributed by atoms with Gasteiger partial charge in [-0.25, -0.2) is 4.98 Å². The number of imidazole rings is 1. The molecule has 4 aromatic rings. The Bertz CT molecular complexity index is 1160. The molecule has 1 aliphatic heterocycles. The van der Waals surface area contributed by atoms with Crippen LogP contribution in [0.5, 0.6) is 0 Å². The summed E-state index contributed by atoms with van der Waals surface area (Å²) in [6, 6.07) is 15.3. The van der Waals surface area contributed by atoms with Crippen molar-refractivity contribution in [3.8, 4) is 0 Å². The Morgan fingerprint density at radius 1 is 1.14 bits per heavy atom. The van der Waals surface area contributed by atoms with Crippen LogP contribution >= 0.6 is 0 Å². The zero-order valence-corrected chi connectivity index (χ0v) is 15.0. The van der Waals surface area contributed by atoms with Crippen molar-refractivity contribution in [2.45, 2.75) is 13.0 Å². The van der Waals surface area contributed by atoms with E-state index in [1.54, 1.807) is 4.90 Å². The van der Waals surface area contributed by atoms with Crippen molar-refractivity contribution >= 4 is 39.6 Å². The minimum Gasteiger partial charge on any atom is -0.349 e. The first-order valence-electron chi connectivity index (χ1n) is 9.14. The van der Waals surface area contributed by atoms with Crippen LogP contribution in [0.25, 0.3) is 21.9 Å². The monoisotopic (exact) mass is 374 g/mol. The zero-order valence-electron chi connectivity index (χ0n) is 15.0. The van der Waals surface area contributed by atoms with Crippen LogP contribution in [-0.4, -0.2) is 38.5 Å². The van der Waals surface area contributed by atoms with E-state index in [0.717, 1.165) is 21.9 Å². The zero-order chi connectivity index (χ0) is 19.1. The molecule has 1 saturated heterocycles. The van der Waals surface area contributed by atoms with Crippen LogP contribution in [0, 0.1) is 5.92 Å². The van der Waals surface area contributed by atoms with Crippen molar-refractivity contribution in [1.29, 1.82) is 0 Å². The summed E-state index contributed by atoms with van der Waals surface area (Å²) >= 11 is 0. The van der Waals surface area contributed by atoms with Gasteiger partial charge in [-0.05, 0) is 24.3 Å². The molecule has 2 amide bonds. The second-order valence-electron chi connectivity index (χ2n) is 6.92. The Morgan fingerprint density at radius 3 is 2.79 bits per heavy atom. The molecule has 140 valence electrons. The van der Waals surface area contributed by atoms with E-state index in [9.17, 15) is 9.59 Å². The smallest absolute Gasteiger partial charge is 0.229 e. The molecule has 2 aromatic carbocycles. The molecule has 3 heterocycles. The van der Waals surface area contributed by atoms with Gasteiger partial charge in [0.25, 0.3) is 0 Å². The number of amides is 2. The van der Waals surface area contributed by atoms with Crippen molar-refractivity contribution in [2.75, 3.05) is 11.4 Å². The second-order valence-corrected chi connectivity index (χ2v) is 6.92. The lowest BCUT2D eigenvalue weighted by Crippen LogP contribution is -2.33. The van der Waals surface area contributed by atoms with E-state index in [1.807, 2.05) is 48.5 Å². The Kier molecular flexibility index (Phi) is 3.82. The molecule has 8 heteroatoms. The second kappa shape index (κ2) is 6.49. The van der Waals surface area contributed by atoms with Gasteiger partial charge in [-0.3, -0.25) is 19.6 Å². The van der Waals surface area contributed by atoms with Gasteiger partial charge in [0.1, 0.15) is 5.82 Å². The number of para-hydroxylation sites is 3. The third-order valence-corrected chi connectivity index (χ3v) is 5.07. The standard InChI is InChI=1S/C20H18N6O2/c27-18-9-12(11-26(18)19-13-5-1-2-6-14(13)24-25-19)20(28)21-10-17-22-15-7-3-4-8-16(15)23-17/h1-8,12H,9-11H2,(H,21,28)(H,22,23)(H,24,25)/t12-/m1/s1. The molecule has 3 N–H and O–H groups in total. The highest BCUT2D eigenvalue weighted by molar-refractivity contribution is 6.05. The van der Waals surface area contributed by atoms with Gasteiger partial charge in [-0.1, -0.05) is 24.3 Å². The first kappa shape index (κ1) is 16.5. The van der Waals surface area contributed by atoms with Crippen molar-refractivity contribution < 1.29 is 9.59 Å². The molecule has 0 bridgehead atoms. The van der Waals surface area contributed by atoms with Gasteiger partial charge >= 0.3 is 0 Å². The van der Waals surface area contributed by atoms with Crippen LogP contribution in [0.1, 0.15) is 12.2 Å². The van der Waals surface area contributed by atoms with Gasteiger partial charge in [0.2, 0.25) is 11.8 Å². The number of hydrogen-bond donors (Lipinski definition) is 3. The minimum absolute atomic E-state index is 0.0962. The predicted octanol–water partition coefficient (Wildman–Crippen LogP) is 2.11. The van der Waals surface area contributed by atoms with Crippen molar-refractivity contribution in [3.05, 3.63) is 54.4 Å². The number of rotatable bonds is 4. The molecule has 0 aliphatic carbocycles. The molecule has 0 saturated carbocycles. The maximum absolute atomic E-state index is 12.6. The number of benzene rings is 2. The molecule has 2 aromatic heterocycles. The van der Waals surface area contributed by atoms with E-state index in [1.165, 1.54) is 0 Å². The first-order chi connectivity index (χ1) is 13.7. The Hall–Kier alpha value is -3.68. The van der Waals surface area contributed by atoms with Crippen LogP contribution < -0.4 is 10.2 Å². The molecule has 1 fully saturated rings. The molecule has 1 aliphatic rings. The molecular formula is C20H18N6O2. The van der Waals surface area contributed by atoms with Crippen LogP contribution in [0.15, 0.2) is 48.5 Å². The highest BCUT2D eigenvalue weighted by Gasteiger charge is 2.36. The number of nitrogens with zero attached hydrogens (tertiary/aromatic N) is 3. The van der Waals surface area contributed by atoms with Crippen molar-refractivity contribution in [1.82, 2.24) is 25.5 Å². The van der Waals surface area contributed by atoms with Crippen LogP contribution in [0.4, 0.5) is 5.82 Å². The Balaban J connectivity index is 1.28. The maximum Gasteiger partial charge on any atom is 0.229 e. The van der Waals surface area contributed by atoms with Gasteiger partial charge < -0.3 is 10.3 Å². The van der Waals surface area contributed by atoms with Gasteiger partial charge in [-0.15, -0.1) is 0 Å². The largest absolute Gasteiger partial charge is 0.349 e. The minimum atomic E-state index is -0.410. The molecule has 0 radical (unpaired) electrons.